The molecule has 1 saturated heterocycles. The van der Waals surface area contributed by atoms with Gasteiger partial charge in [-0.3, -0.25) is 4.79 Å². The summed E-state index contributed by atoms with van der Waals surface area (Å²) in [6.45, 7) is 2.65. The lowest BCUT2D eigenvalue weighted by molar-refractivity contribution is 0.0951. The van der Waals surface area contributed by atoms with Gasteiger partial charge in [0.25, 0.3) is 5.91 Å². The van der Waals surface area contributed by atoms with Crippen molar-refractivity contribution >= 4 is 15.9 Å². The molecule has 3 rings (SSSR count). The summed E-state index contributed by atoms with van der Waals surface area (Å²) in [5.41, 5.74) is 1.15. The van der Waals surface area contributed by atoms with Crippen molar-refractivity contribution in [1.82, 2.24) is 14.5 Å². The Kier molecular flexibility index (Phi) is 5.88. The smallest absolute Gasteiger partial charge is 0.251 e. The van der Waals surface area contributed by atoms with Crippen molar-refractivity contribution in [1.29, 1.82) is 0 Å². The molecule has 1 amide bonds. The van der Waals surface area contributed by atoms with Crippen LogP contribution in [-0.4, -0.2) is 56.8 Å². The first-order valence-electron chi connectivity index (χ1n) is 8.68. The van der Waals surface area contributed by atoms with Crippen molar-refractivity contribution in [2.45, 2.75) is 11.4 Å². The van der Waals surface area contributed by atoms with E-state index in [1.54, 1.807) is 24.3 Å². The van der Waals surface area contributed by atoms with Crippen molar-refractivity contribution in [3.63, 3.8) is 0 Å². The molecule has 0 atom stereocenters. The van der Waals surface area contributed by atoms with E-state index in [0.717, 1.165) is 5.56 Å². The first-order valence-corrected chi connectivity index (χ1v) is 10.1. The first-order chi connectivity index (χ1) is 12.9. The number of nitrogens with one attached hydrogen (secondary N) is 1. The topological polar surface area (TPSA) is 69.7 Å². The van der Waals surface area contributed by atoms with Crippen molar-refractivity contribution in [3.8, 4) is 0 Å². The number of hydrogen-bond donors (Lipinski definition) is 1. The number of amides is 1. The van der Waals surface area contributed by atoms with Crippen molar-refractivity contribution < 1.29 is 17.6 Å². The number of rotatable bonds is 5. The first kappa shape index (κ1) is 19.5. The Bertz CT molecular complexity index is 891. The van der Waals surface area contributed by atoms with E-state index in [-0.39, 0.29) is 17.3 Å². The van der Waals surface area contributed by atoms with Gasteiger partial charge in [-0.1, -0.05) is 12.1 Å². The zero-order chi connectivity index (χ0) is 19.4. The van der Waals surface area contributed by atoms with Crippen molar-refractivity contribution in [3.05, 3.63) is 65.5 Å². The van der Waals surface area contributed by atoms with Crippen molar-refractivity contribution in [2.24, 2.45) is 0 Å². The minimum absolute atomic E-state index is 0.251. The summed E-state index contributed by atoms with van der Waals surface area (Å²) in [6.07, 6.45) is 0. The molecule has 8 heteroatoms. The molecular formula is C19H22FN3O3S. The normalized spacial score (nSPS) is 16.2. The lowest BCUT2D eigenvalue weighted by atomic mass is 10.2. The molecule has 1 aliphatic rings. The maximum atomic E-state index is 12.9. The van der Waals surface area contributed by atoms with E-state index in [4.69, 9.17) is 0 Å². The van der Waals surface area contributed by atoms with E-state index < -0.39 is 15.8 Å². The Balaban J connectivity index is 1.61. The van der Waals surface area contributed by atoms with E-state index >= 15 is 0 Å². The van der Waals surface area contributed by atoms with E-state index in [0.29, 0.717) is 31.7 Å². The number of nitrogens with zero attached hydrogens (tertiary/aromatic N) is 2. The minimum Gasteiger partial charge on any atom is -0.348 e. The molecule has 0 bridgehead atoms. The molecule has 0 aliphatic carbocycles. The number of likely N-dealkylation sites (N-methyl/N-ethyl adjacent to an activating group) is 1. The highest BCUT2D eigenvalue weighted by Crippen LogP contribution is 2.18. The Morgan fingerprint density at radius 2 is 1.59 bits per heavy atom. The summed E-state index contributed by atoms with van der Waals surface area (Å²) in [4.78, 5) is 14.4. The van der Waals surface area contributed by atoms with Gasteiger partial charge in [-0.15, -0.1) is 0 Å². The minimum atomic E-state index is -3.50. The molecule has 1 heterocycles. The molecule has 2 aromatic rings. The van der Waals surface area contributed by atoms with Gasteiger partial charge in [0.05, 0.1) is 4.90 Å². The van der Waals surface area contributed by atoms with Crippen LogP contribution in [-0.2, 0) is 16.6 Å². The molecule has 6 nitrogen and oxygen atoms in total. The average Bonchev–Trinajstić information content (AvgIpc) is 2.67. The number of benzene rings is 2. The van der Waals surface area contributed by atoms with Gasteiger partial charge >= 0.3 is 0 Å². The molecule has 1 fully saturated rings. The van der Waals surface area contributed by atoms with Crippen LogP contribution in [0.25, 0.3) is 0 Å². The third-order valence-electron chi connectivity index (χ3n) is 4.58. The lowest BCUT2D eigenvalue weighted by Crippen LogP contribution is -2.47. The van der Waals surface area contributed by atoms with E-state index in [1.807, 2.05) is 7.05 Å². The predicted octanol–water partition coefficient (Wildman–Crippen LogP) is 1.69. The Hall–Kier alpha value is -2.29. The highest BCUT2D eigenvalue weighted by Gasteiger charge is 2.27. The van der Waals surface area contributed by atoms with Gasteiger partial charge in [-0.2, -0.15) is 4.31 Å². The third-order valence-corrected chi connectivity index (χ3v) is 6.50. The van der Waals surface area contributed by atoms with Crippen LogP contribution in [0.1, 0.15) is 15.9 Å². The monoisotopic (exact) mass is 391 g/mol. The van der Waals surface area contributed by atoms with Gasteiger partial charge in [0, 0.05) is 38.3 Å². The van der Waals surface area contributed by atoms with Crippen LogP contribution in [0.15, 0.2) is 53.4 Å². The van der Waals surface area contributed by atoms with Crippen LogP contribution < -0.4 is 5.32 Å². The van der Waals surface area contributed by atoms with Crippen LogP contribution in [0, 0.1) is 5.82 Å². The zero-order valence-corrected chi connectivity index (χ0v) is 15.9. The number of hydrogen-bond acceptors (Lipinski definition) is 4. The fourth-order valence-electron chi connectivity index (χ4n) is 2.84. The summed E-state index contributed by atoms with van der Waals surface area (Å²) < 4.78 is 39.8. The largest absolute Gasteiger partial charge is 0.348 e. The fraction of sp³-hybridized carbons (Fsp3) is 0.316. The maximum absolute atomic E-state index is 12.9. The zero-order valence-electron chi connectivity index (χ0n) is 15.1. The number of sulfonamides is 1. The maximum Gasteiger partial charge on any atom is 0.251 e. The van der Waals surface area contributed by atoms with Crippen LogP contribution in [0.2, 0.25) is 0 Å². The second-order valence-corrected chi connectivity index (χ2v) is 8.48. The second-order valence-electron chi connectivity index (χ2n) is 6.54. The summed E-state index contributed by atoms with van der Waals surface area (Å²) in [7, 11) is -1.53. The van der Waals surface area contributed by atoms with Crippen LogP contribution >= 0.6 is 0 Å². The molecule has 0 aromatic heterocycles. The molecule has 0 saturated carbocycles. The van der Waals surface area contributed by atoms with Crippen molar-refractivity contribution in [2.75, 3.05) is 33.2 Å². The molecule has 1 N–H and O–H groups in total. The third kappa shape index (κ3) is 4.71. The van der Waals surface area contributed by atoms with Gasteiger partial charge < -0.3 is 10.2 Å². The number of carbonyl (C=O) groups is 1. The summed E-state index contributed by atoms with van der Waals surface area (Å²) >= 11 is 0. The average molecular weight is 391 g/mol. The predicted molar refractivity (Wildman–Crippen MR) is 100 cm³/mol. The molecule has 0 radical (unpaired) electrons. The highest BCUT2D eigenvalue weighted by molar-refractivity contribution is 7.89. The quantitative estimate of drug-likeness (QED) is 0.842. The van der Waals surface area contributed by atoms with Gasteiger partial charge in [0.1, 0.15) is 5.82 Å². The number of piperazine rings is 1. The van der Waals surface area contributed by atoms with Crippen LogP contribution in [0.5, 0.6) is 0 Å². The molecule has 2 aromatic carbocycles. The van der Waals surface area contributed by atoms with Gasteiger partial charge in [0.2, 0.25) is 10.0 Å². The SMILES string of the molecule is CN1CCN(S(=O)(=O)c2ccc(CNC(=O)c3ccc(F)cc3)cc2)CC1. The van der Waals surface area contributed by atoms with Gasteiger partial charge in [-0.25, -0.2) is 12.8 Å². The number of carbonyl (C=O) groups excluding carboxylic acids is 1. The summed E-state index contributed by atoms with van der Waals surface area (Å²) in [5, 5.41) is 2.73. The molecular weight excluding hydrogens is 369 g/mol. The second kappa shape index (κ2) is 8.16. The molecule has 0 unspecified atom stereocenters. The van der Waals surface area contributed by atoms with E-state index in [2.05, 4.69) is 10.2 Å². The Morgan fingerprint density at radius 1 is 1.00 bits per heavy atom. The lowest BCUT2D eigenvalue weighted by Gasteiger charge is -2.31. The van der Waals surface area contributed by atoms with E-state index in [1.165, 1.54) is 28.6 Å². The number of halogens is 1. The molecule has 0 spiro atoms. The molecule has 1 aliphatic heterocycles. The van der Waals surface area contributed by atoms with Gasteiger partial charge in [-0.05, 0) is 49.0 Å². The fourth-order valence-corrected chi connectivity index (χ4v) is 4.26. The Labute approximate surface area is 158 Å². The van der Waals surface area contributed by atoms with Crippen LogP contribution in [0.3, 0.4) is 0 Å². The van der Waals surface area contributed by atoms with E-state index in [9.17, 15) is 17.6 Å². The van der Waals surface area contributed by atoms with Gasteiger partial charge in [0.15, 0.2) is 0 Å². The standard InChI is InChI=1S/C19H22FN3O3S/c1-22-10-12-23(13-11-22)27(25,26)18-8-2-15(3-9-18)14-21-19(24)16-4-6-17(20)7-5-16/h2-9H,10-14H2,1H3,(H,21,24). The molecule has 144 valence electrons. The molecule has 27 heavy (non-hydrogen) atoms. The highest BCUT2D eigenvalue weighted by atomic mass is 32.2. The summed E-state index contributed by atoms with van der Waals surface area (Å²) in [5.74, 6) is -0.715. The summed E-state index contributed by atoms with van der Waals surface area (Å²) in [6, 6.07) is 11.8. The van der Waals surface area contributed by atoms with Crippen LogP contribution in [0.4, 0.5) is 4.39 Å². The Morgan fingerprint density at radius 3 is 2.19 bits per heavy atom.